The van der Waals surface area contributed by atoms with Crippen molar-refractivity contribution in [2.24, 2.45) is 5.73 Å². The van der Waals surface area contributed by atoms with Gasteiger partial charge in [0.1, 0.15) is 5.82 Å². The van der Waals surface area contributed by atoms with Gasteiger partial charge >= 0.3 is 0 Å². The van der Waals surface area contributed by atoms with E-state index in [2.05, 4.69) is 68.7 Å². The Morgan fingerprint density at radius 3 is 2.41 bits per heavy atom. The van der Waals surface area contributed by atoms with Crippen molar-refractivity contribution < 1.29 is 0 Å². The van der Waals surface area contributed by atoms with Crippen molar-refractivity contribution in [3.8, 4) is 11.4 Å². The van der Waals surface area contributed by atoms with Crippen molar-refractivity contribution in [2.45, 2.75) is 33.7 Å². The molecule has 0 amide bonds. The third kappa shape index (κ3) is 2.32. The van der Waals surface area contributed by atoms with Crippen LogP contribution >= 0.6 is 0 Å². The first-order valence-electron chi connectivity index (χ1n) is 7.78. The molecule has 1 heterocycles. The number of hydrogen-bond donors (Lipinski definition) is 1. The smallest absolute Gasteiger partial charge is 0.141 e. The van der Waals surface area contributed by atoms with Crippen LogP contribution in [0.25, 0.3) is 22.4 Å². The lowest BCUT2D eigenvalue weighted by atomic mass is 10.1. The highest BCUT2D eigenvalue weighted by atomic mass is 15.1. The molecule has 0 saturated heterocycles. The predicted molar refractivity (Wildman–Crippen MR) is 93.1 cm³/mol. The highest BCUT2D eigenvalue weighted by molar-refractivity contribution is 5.83. The third-order valence-corrected chi connectivity index (χ3v) is 4.47. The number of hydrogen-bond acceptors (Lipinski definition) is 2. The van der Waals surface area contributed by atoms with E-state index in [1.165, 1.54) is 27.8 Å². The molecule has 3 nitrogen and oxygen atoms in total. The van der Waals surface area contributed by atoms with Gasteiger partial charge < -0.3 is 10.3 Å². The summed E-state index contributed by atoms with van der Waals surface area (Å²) < 4.78 is 2.28. The Hall–Kier alpha value is -2.13. The molecule has 0 fully saturated rings. The minimum Gasteiger partial charge on any atom is -0.328 e. The van der Waals surface area contributed by atoms with Crippen molar-refractivity contribution in [1.82, 2.24) is 9.55 Å². The fourth-order valence-electron chi connectivity index (χ4n) is 2.92. The van der Waals surface area contributed by atoms with Gasteiger partial charge in [-0.05, 0) is 56.5 Å². The number of nitrogens with zero attached hydrogens (tertiary/aromatic N) is 2. The molecule has 22 heavy (non-hydrogen) atoms. The number of aromatic nitrogens is 2. The van der Waals surface area contributed by atoms with Gasteiger partial charge in [-0.2, -0.15) is 0 Å². The molecule has 1 atom stereocenters. The van der Waals surface area contributed by atoms with Gasteiger partial charge in [0.15, 0.2) is 0 Å². The van der Waals surface area contributed by atoms with Crippen molar-refractivity contribution in [3.05, 3.63) is 53.1 Å². The first-order chi connectivity index (χ1) is 10.5. The maximum atomic E-state index is 5.96. The summed E-state index contributed by atoms with van der Waals surface area (Å²) in [6.07, 6.45) is 0. The molecule has 2 N–H and O–H groups in total. The van der Waals surface area contributed by atoms with Gasteiger partial charge in [0.2, 0.25) is 0 Å². The van der Waals surface area contributed by atoms with Crippen LogP contribution in [0.15, 0.2) is 36.4 Å². The largest absolute Gasteiger partial charge is 0.328 e. The number of rotatable bonds is 3. The summed E-state index contributed by atoms with van der Waals surface area (Å²) in [5, 5.41) is 0. The van der Waals surface area contributed by atoms with E-state index in [0.717, 1.165) is 11.3 Å². The molecule has 114 valence electrons. The molecule has 0 spiro atoms. The van der Waals surface area contributed by atoms with Crippen LogP contribution < -0.4 is 5.73 Å². The molecule has 0 radical (unpaired) electrons. The Bertz CT molecular complexity index is 830. The van der Waals surface area contributed by atoms with E-state index in [0.29, 0.717) is 6.54 Å². The number of fused-ring (bicyclic) bond motifs is 1. The Morgan fingerprint density at radius 1 is 1.05 bits per heavy atom. The Morgan fingerprint density at radius 2 is 1.73 bits per heavy atom. The second-order valence-electron chi connectivity index (χ2n) is 6.13. The minimum absolute atomic E-state index is 0.210. The van der Waals surface area contributed by atoms with E-state index in [1.54, 1.807) is 0 Å². The first-order valence-corrected chi connectivity index (χ1v) is 7.78. The molecule has 0 aliphatic heterocycles. The second-order valence-corrected chi connectivity index (χ2v) is 6.13. The van der Waals surface area contributed by atoms with Gasteiger partial charge in [-0.15, -0.1) is 0 Å². The van der Waals surface area contributed by atoms with Crippen molar-refractivity contribution in [1.29, 1.82) is 0 Å². The average molecular weight is 293 g/mol. The molecule has 2 aromatic carbocycles. The van der Waals surface area contributed by atoms with Crippen LogP contribution in [0.2, 0.25) is 0 Å². The van der Waals surface area contributed by atoms with E-state index < -0.39 is 0 Å². The molecule has 3 aromatic rings. The molecule has 1 unspecified atom stereocenters. The SMILES string of the molecule is Cc1cc2nc(-c3ccccc3C)n(C(C)CN)c2cc1C. The van der Waals surface area contributed by atoms with Crippen molar-refractivity contribution >= 4 is 11.0 Å². The molecular formula is C19H23N3. The third-order valence-electron chi connectivity index (χ3n) is 4.47. The molecule has 3 heteroatoms. The zero-order valence-electron chi connectivity index (χ0n) is 13.7. The zero-order chi connectivity index (χ0) is 15.9. The summed E-state index contributed by atoms with van der Waals surface area (Å²) in [5.74, 6) is 1.01. The minimum atomic E-state index is 0.210. The van der Waals surface area contributed by atoms with Crippen LogP contribution in [0.1, 0.15) is 29.7 Å². The maximum absolute atomic E-state index is 5.96. The van der Waals surface area contributed by atoms with Crippen molar-refractivity contribution in [2.75, 3.05) is 6.54 Å². The quantitative estimate of drug-likeness (QED) is 0.788. The fraction of sp³-hybridized carbons (Fsp3) is 0.316. The van der Waals surface area contributed by atoms with Crippen LogP contribution in [-0.2, 0) is 0 Å². The van der Waals surface area contributed by atoms with E-state index in [1.807, 2.05) is 0 Å². The summed E-state index contributed by atoms with van der Waals surface area (Å²) in [6, 6.07) is 13.0. The van der Waals surface area contributed by atoms with E-state index in [9.17, 15) is 0 Å². The van der Waals surface area contributed by atoms with Crippen LogP contribution in [0.3, 0.4) is 0 Å². The van der Waals surface area contributed by atoms with Gasteiger partial charge in [-0.1, -0.05) is 24.3 Å². The summed E-state index contributed by atoms with van der Waals surface area (Å²) >= 11 is 0. The molecular weight excluding hydrogens is 270 g/mol. The summed E-state index contributed by atoms with van der Waals surface area (Å²) in [6.45, 7) is 9.15. The van der Waals surface area contributed by atoms with Crippen LogP contribution in [-0.4, -0.2) is 16.1 Å². The second kappa shape index (κ2) is 5.58. The van der Waals surface area contributed by atoms with Crippen LogP contribution in [0, 0.1) is 20.8 Å². The highest BCUT2D eigenvalue weighted by Crippen LogP contribution is 2.31. The summed E-state index contributed by atoms with van der Waals surface area (Å²) in [5.41, 5.74) is 13.1. The number of imidazole rings is 1. The number of aryl methyl sites for hydroxylation is 3. The Kier molecular flexibility index (Phi) is 3.75. The summed E-state index contributed by atoms with van der Waals surface area (Å²) in [4.78, 5) is 4.92. The zero-order valence-corrected chi connectivity index (χ0v) is 13.7. The van der Waals surface area contributed by atoms with Crippen LogP contribution in [0.5, 0.6) is 0 Å². The monoisotopic (exact) mass is 293 g/mol. The fourth-order valence-corrected chi connectivity index (χ4v) is 2.92. The van der Waals surface area contributed by atoms with Crippen LogP contribution in [0.4, 0.5) is 0 Å². The lowest BCUT2D eigenvalue weighted by molar-refractivity contribution is 0.578. The summed E-state index contributed by atoms with van der Waals surface area (Å²) in [7, 11) is 0. The molecule has 0 bridgehead atoms. The lowest BCUT2D eigenvalue weighted by Crippen LogP contribution is -2.17. The predicted octanol–water partition coefficient (Wildman–Crippen LogP) is 4.15. The van der Waals surface area contributed by atoms with Gasteiger partial charge in [-0.25, -0.2) is 4.98 Å². The van der Waals surface area contributed by atoms with Gasteiger partial charge in [0.05, 0.1) is 11.0 Å². The normalized spacial score (nSPS) is 12.8. The van der Waals surface area contributed by atoms with Gasteiger partial charge in [0, 0.05) is 18.2 Å². The topological polar surface area (TPSA) is 43.8 Å². The number of nitrogens with two attached hydrogens (primary N) is 1. The maximum Gasteiger partial charge on any atom is 0.141 e. The van der Waals surface area contributed by atoms with E-state index in [-0.39, 0.29) is 6.04 Å². The lowest BCUT2D eigenvalue weighted by Gasteiger charge is -2.17. The van der Waals surface area contributed by atoms with E-state index >= 15 is 0 Å². The molecule has 0 saturated carbocycles. The highest BCUT2D eigenvalue weighted by Gasteiger charge is 2.18. The number of benzene rings is 2. The molecule has 0 aliphatic rings. The first kappa shape index (κ1) is 14.8. The van der Waals surface area contributed by atoms with Crippen molar-refractivity contribution in [3.63, 3.8) is 0 Å². The molecule has 1 aromatic heterocycles. The molecule has 3 rings (SSSR count). The van der Waals surface area contributed by atoms with E-state index in [4.69, 9.17) is 10.7 Å². The Labute approximate surface area is 131 Å². The molecule has 0 aliphatic carbocycles. The van der Waals surface area contributed by atoms with Gasteiger partial charge in [-0.3, -0.25) is 0 Å². The Balaban J connectivity index is 2.36. The van der Waals surface area contributed by atoms with Gasteiger partial charge in [0.25, 0.3) is 0 Å². The standard InChI is InChI=1S/C19H23N3/c1-12-7-5-6-8-16(12)19-21-17-9-13(2)14(3)10-18(17)22(19)15(4)11-20/h5-10,15H,11,20H2,1-4H3. The average Bonchev–Trinajstić information content (AvgIpc) is 2.85.